The monoisotopic (exact) mass is 864 g/mol. The molecule has 3 aromatic carbocycles. The lowest BCUT2D eigenvalue weighted by Gasteiger charge is -2.44. The van der Waals surface area contributed by atoms with Crippen molar-refractivity contribution in [3.05, 3.63) is 77.0 Å². The van der Waals surface area contributed by atoms with E-state index in [2.05, 4.69) is 0 Å². The predicted octanol–water partition coefficient (Wildman–Crippen LogP) is -2.34. The maximum Gasteiger partial charge on any atom is 0.338 e. The van der Waals surface area contributed by atoms with Crippen LogP contribution >= 0.6 is 0 Å². The topological polar surface area (TPSA) is 354 Å². The average molecular weight is 865 g/mol. The van der Waals surface area contributed by atoms with Gasteiger partial charge in [0.25, 0.3) is 0 Å². The Labute approximate surface area is 344 Å². The highest BCUT2D eigenvalue weighted by Crippen LogP contribution is 2.45. The summed E-state index contributed by atoms with van der Waals surface area (Å²) in [4.78, 5) is 12.5. The summed E-state index contributed by atoms with van der Waals surface area (Å²) >= 11 is 0. The molecular formula is C39H44O22. The number of benzene rings is 3. The van der Waals surface area contributed by atoms with Gasteiger partial charge in [0.2, 0.25) is 6.29 Å². The fourth-order valence-electron chi connectivity index (χ4n) is 7.02. The molecule has 4 heterocycles. The third-order valence-electron chi connectivity index (χ3n) is 10.5. The van der Waals surface area contributed by atoms with Gasteiger partial charge in [0, 0.05) is 17.7 Å². The molecule has 4 aliphatic rings. The Morgan fingerprint density at radius 2 is 1.21 bits per heavy atom. The van der Waals surface area contributed by atoms with Crippen molar-refractivity contribution in [1.82, 2.24) is 0 Å². The van der Waals surface area contributed by atoms with Crippen LogP contribution < -0.4 is 4.74 Å². The molecule has 4 aliphatic heterocycles. The highest BCUT2D eigenvalue weighted by Gasteiger charge is 2.51. The number of fused-ring (bicyclic) bond motifs is 1. The first-order valence-electron chi connectivity index (χ1n) is 18.7. The number of aromatic hydroxyl groups is 5. The van der Waals surface area contributed by atoms with Crippen LogP contribution in [0.2, 0.25) is 0 Å². The summed E-state index contributed by atoms with van der Waals surface area (Å²) in [7, 11) is 0. The molecule has 15 unspecified atom stereocenters. The molecule has 3 fully saturated rings. The van der Waals surface area contributed by atoms with Crippen molar-refractivity contribution >= 4 is 12.0 Å². The molecule has 332 valence electrons. The number of hydrogen-bond acceptors (Lipinski definition) is 22. The molecular weight excluding hydrogens is 820 g/mol. The highest BCUT2D eigenvalue weighted by molar-refractivity contribution is 5.89. The lowest BCUT2D eigenvalue weighted by Crippen LogP contribution is -2.62. The van der Waals surface area contributed by atoms with Crippen LogP contribution in [0.4, 0.5) is 0 Å². The van der Waals surface area contributed by atoms with Crippen molar-refractivity contribution in [3.8, 4) is 34.5 Å². The molecule has 0 aliphatic carbocycles. The summed E-state index contributed by atoms with van der Waals surface area (Å²) in [6, 6.07) is 10.9. The van der Waals surface area contributed by atoms with Gasteiger partial charge in [-0.25, -0.2) is 4.79 Å². The second-order valence-electron chi connectivity index (χ2n) is 14.6. The fraction of sp³-hybridized carbons (Fsp3) is 0.462. The predicted molar refractivity (Wildman–Crippen MR) is 196 cm³/mol. The van der Waals surface area contributed by atoms with Gasteiger partial charge in [-0.2, -0.15) is 0 Å². The molecule has 0 radical (unpaired) electrons. The van der Waals surface area contributed by atoms with Gasteiger partial charge in [-0.3, -0.25) is 0 Å². The smallest absolute Gasteiger partial charge is 0.338 e. The Kier molecular flexibility index (Phi) is 13.1. The van der Waals surface area contributed by atoms with Crippen LogP contribution in [-0.4, -0.2) is 178 Å². The Bertz CT molecular complexity index is 2050. The molecule has 15 atom stereocenters. The lowest BCUT2D eigenvalue weighted by atomic mass is 9.97. The van der Waals surface area contributed by atoms with Gasteiger partial charge < -0.3 is 104 Å². The molecule has 22 nitrogen and oxygen atoms in total. The summed E-state index contributed by atoms with van der Waals surface area (Å²) in [6.07, 6.45) is -24.2. The number of aliphatic hydroxyl groups is 8. The Morgan fingerprint density at radius 3 is 1.90 bits per heavy atom. The van der Waals surface area contributed by atoms with Crippen LogP contribution in [0, 0.1) is 0 Å². The summed E-state index contributed by atoms with van der Waals surface area (Å²) in [5, 5.41) is 136. The van der Waals surface area contributed by atoms with Crippen LogP contribution in [0.3, 0.4) is 0 Å². The third-order valence-corrected chi connectivity index (χ3v) is 10.5. The van der Waals surface area contributed by atoms with Gasteiger partial charge in [-0.05, 0) is 42.5 Å². The van der Waals surface area contributed by atoms with E-state index in [1.165, 1.54) is 42.5 Å². The number of carbonyl (C=O) groups is 1. The van der Waals surface area contributed by atoms with Gasteiger partial charge in [-0.1, -0.05) is 6.07 Å². The summed E-state index contributed by atoms with van der Waals surface area (Å²) in [5.41, 5.74) is 0.198. The van der Waals surface area contributed by atoms with E-state index in [4.69, 9.17) is 37.9 Å². The normalized spacial score (nSPS) is 34.8. The Hall–Kier alpha value is -5.05. The lowest BCUT2D eigenvalue weighted by molar-refractivity contribution is -0.332. The number of esters is 1. The molecule has 0 saturated carbocycles. The van der Waals surface area contributed by atoms with E-state index in [0.29, 0.717) is 0 Å². The summed E-state index contributed by atoms with van der Waals surface area (Å²) in [5.74, 6) is -3.08. The zero-order valence-electron chi connectivity index (χ0n) is 31.5. The quantitative estimate of drug-likeness (QED) is 0.0670. The first kappa shape index (κ1) is 44.0. The minimum absolute atomic E-state index is 0.00118. The van der Waals surface area contributed by atoms with Crippen molar-refractivity contribution in [1.29, 1.82) is 0 Å². The standard InChI is InChI=1S/C39H44O22/c40-16-4-1-14(2-5-16)36(52)55-12-25-27(45)30(48)33(51)38(60-25)56-13-26-28(46)31(49)35(54-11-24-29(47)32(50)37(53)58-24)39(61-26)59-23-10-18-20(43)8-17(41)9-22(18)57-34(23)15-3-6-19(42)21(44)7-15/h1-10,24-35,37-51,53H,11-13H2. The van der Waals surface area contributed by atoms with Gasteiger partial charge in [-0.15, -0.1) is 0 Å². The Balaban J connectivity index is 1.12. The fourth-order valence-corrected chi connectivity index (χ4v) is 7.02. The number of phenols is 5. The van der Waals surface area contributed by atoms with E-state index in [9.17, 15) is 71.2 Å². The van der Waals surface area contributed by atoms with Gasteiger partial charge in [0.05, 0.1) is 24.3 Å². The molecule has 0 aromatic heterocycles. The van der Waals surface area contributed by atoms with Crippen LogP contribution in [0.5, 0.6) is 34.5 Å². The summed E-state index contributed by atoms with van der Waals surface area (Å²) < 4.78 is 45.9. The van der Waals surface area contributed by atoms with E-state index in [0.717, 1.165) is 18.2 Å². The van der Waals surface area contributed by atoms with E-state index < -0.39 is 135 Å². The molecule has 22 heteroatoms. The number of ether oxygens (including phenoxy) is 8. The Morgan fingerprint density at radius 1 is 0.574 bits per heavy atom. The van der Waals surface area contributed by atoms with E-state index in [1.807, 2.05) is 0 Å². The second kappa shape index (κ2) is 18.1. The van der Waals surface area contributed by atoms with Crippen molar-refractivity contribution in [3.63, 3.8) is 0 Å². The van der Waals surface area contributed by atoms with Crippen molar-refractivity contribution < 1.29 is 109 Å². The molecule has 13 N–H and O–H groups in total. The molecule has 0 bridgehead atoms. The van der Waals surface area contributed by atoms with E-state index in [1.54, 1.807) is 0 Å². The SMILES string of the molecule is O=C(OCC1OC(OCC2OC(OC3=Cc4c(O)cc(O)cc4OC3c3ccc(O)c(O)c3)C(OCC3OC(O)C(O)C3O)C(O)C2O)C(O)C(O)C1O)c1ccc(O)cc1. The maximum atomic E-state index is 12.5. The van der Waals surface area contributed by atoms with Crippen molar-refractivity contribution in [2.45, 2.75) is 92.1 Å². The zero-order chi connectivity index (χ0) is 43.9. The molecule has 0 amide bonds. The first-order chi connectivity index (χ1) is 29.0. The van der Waals surface area contributed by atoms with Gasteiger partial charge in [0.15, 0.2) is 30.2 Å². The maximum absolute atomic E-state index is 12.5. The average Bonchev–Trinajstić information content (AvgIpc) is 3.47. The van der Waals surface area contributed by atoms with Crippen LogP contribution in [0.1, 0.15) is 27.6 Å². The number of rotatable bonds is 12. The number of hydrogen-bond donors (Lipinski definition) is 13. The molecule has 3 aromatic rings. The minimum Gasteiger partial charge on any atom is -0.508 e. The molecule has 3 saturated heterocycles. The number of phenolic OH excluding ortho intramolecular Hbond substituents is 5. The van der Waals surface area contributed by atoms with Gasteiger partial charge >= 0.3 is 5.97 Å². The molecule has 61 heavy (non-hydrogen) atoms. The van der Waals surface area contributed by atoms with Gasteiger partial charge in [0.1, 0.15) is 103 Å². The molecule has 0 spiro atoms. The molecule has 7 rings (SSSR count). The first-order valence-corrected chi connectivity index (χ1v) is 18.7. The van der Waals surface area contributed by atoms with Crippen LogP contribution in [0.25, 0.3) is 6.08 Å². The van der Waals surface area contributed by atoms with Crippen molar-refractivity contribution in [2.75, 3.05) is 19.8 Å². The van der Waals surface area contributed by atoms with Crippen LogP contribution in [-0.2, 0) is 33.2 Å². The van der Waals surface area contributed by atoms with E-state index >= 15 is 0 Å². The largest absolute Gasteiger partial charge is 0.508 e. The zero-order valence-corrected chi connectivity index (χ0v) is 31.5. The third kappa shape index (κ3) is 9.27. The van der Waals surface area contributed by atoms with E-state index in [-0.39, 0.29) is 39.7 Å². The highest BCUT2D eigenvalue weighted by atomic mass is 16.7. The number of aliphatic hydroxyl groups excluding tert-OH is 8. The number of carbonyl (C=O) groups excluding carboxylic acids is 1. The second-order valence-corrected chi connectivity index (χ2v) is 14.6. The minimum atomic E-state index is -1.93. The van der Waals surface area contributed by atoms with Crippen molar-refractivity contribution in [2.24, 2.45) is 0 Å². The summed E-state index contributed by atoms with van der Waals surface area (Å²) in [6.45, 7) is -1.99. The van der Waals surface area contributed by atoms with Crippen LogP contribution in [0.15, 0.2) is 60.4 Å².